The fraction of sp³-hybridized carbons (Fsp3) is 0.857. The monoisotopic (exact) mass is 238 g/mol. The standard InChI is InChI=1S/C14H22O3/c1-5-6-7-10(15)14-9-8-13(4,11(16)17-14)12(14,2)3/h5-9H2,1-4H3. The van der Waals surface area contributed by atoms with Crippen LogP contribution in [-0.2, 0) is 14.3 Å². The van der Waals surface area contributed by atoms with Crippen molar-refractivity contribution in [1.29, 1.82) is 0 Å². The minimum atomic E-state index is -0.839. The number of unbranched alkanes of at least 4 members (excludes halogenated alkanes) is 1. The summed E-state index contributed by atoms with van der Waals surface area (Å²) >= 11 is 0. The van der Waals surface area contributed by atoms with Gasteiger partial charge in [0.05, 0.1) is 5.41 Å². The van der Waals surface area contributed by atoms with E-state index in [2.05, 4.69) is 6.92 Å². The van der Waals surface area contributed by atoms with Crippen LogP contribution in [0.3, 0.4) is 0 Å². The predicted molar refractivity (Wildman–Crippen MR) is 64.5 cm³/mol. The van der Waals surface area contributed by atoms with Crippen LogP contribution in [0.1, 0.15) is 59.8 Å². The first kappa shape index (κ1) is 12.6. The third-order valence-electron chi connectivity index (χ3n) is 5.29. The number of rotatable bonds is 4. The minimum absolute atomic E-state index is 0.124. The zero-order valence-corrected chi connectivity index (χ0v) is 11.3. The molecule has 2 fully saturated rings. The average Bonchev–Trinajstić information content (AvgIpc) is 2.56. The number of carbonyl (C=O) groups is 2. The highest BCUT2D eigenvalue weighted by molar-refractivity contribution is 5.97. The largest absolute Gasteiger partial charge is 0.450 e. The molecule has 2 atom stereocenters. The highest BCUT2D eigenvalue weighted by atomic mass is 16.6. The van der Waals surface area contributed by atoms with Crippen LogP contribution in [0.2, 0.25) is 0 Å². The SMILES string of the molecule is CCCCC(=O)C12CCC(C)(C(=O)O1)C2(C)C. The van der Waals surface area contributed by atoms with Crippen LogP contribution < -0.4 is 0 Å². The summed E-state index contributed by atoms with van der Waals surface area (Å²) in [4.78, 5) is 24.4. The van der Waals surface area contributed by atoms with Gasteiger partial charge in [0.25, 0.3) is 0 Å². The fourth-order valence-corrected chi connectivity index (χ4v) is 3.39. The summed E-state index contributed by atoms with van der Waals surface area (Å²) in [6, 6.07) is 0. The molecule has 0 aromatic rings. The Morgan fingerprint density at radius 1 is 1.29 bits per heavy atom. The zero-order chi connectivity index (χ0) is 12.9. The molecule has 2 bridgehead atoms. The quantitative estimate of drug-likeness (QED) is 0.707. The van der Waals surface area contributed by atoms with E-state index in [0.717, 1.165) is 19.3 Å². The van der Waals surface area contributed by atoms with Crippen LogP contribution in [-0.4, -0.2) is 17.4 Å². The van der Waals surface area contributed by atoms with Gasteiger partial charge in [-0.25, -0.2) is 0 Å². The molecule has 0 spiro atoms. The van der Waals surface area contributed by atoms with Crippen LogP contribution in [0.4, 0.5) is 0 Å². The Hall–Kier alpha value is -0.860. The van der Waals surface area contributed by atoms with E-state index in [4.69, 9.17) is 4.74 Å². The number of fused-ring (bicyclic) bond motifs is 2. The van der Waals surface area contributed by atoms with Crippen molar-refractivity contribution in [2.75, 3.05) is 0 Å². The van der Waals surface area contributed by atoms with Gasteiger partial charge in [0.1, 0.15) is 0 Å². The highest BCUT2D eigenvalue weighted by Crippen LogP contribution is 2.66. The Balaban J connectivity index is 2.33. The van der Waals surface area contributed by atoms with E-state index < -0.39 is 11.0 Å². The number of Topliss-reactive ketones (excluding diaryl/α,β-unsaturated/α-hetero) is 1. The first-order valence-corrected chi connectivity index (χ1v) is 6.58. The Morgan fingerprint density at radius 3 is 2.35 bits per heavy atom. The minimum Gasteiger partial charge on any atom is -0.450 e. The summed E-state index contributed by atoms with van der Waals surface area (Å²) in [5, 5.41) is 0. The molecule has 1 aliphatic carbocycles. The molecule has 0 aromatic heterocycles. The first-order chi connectivity index (χ1) is 7.82. The van der Waals surface area contributed by atoms with Crippen molar-refractivity contribution >= 4 is 11.8 Å². The van der Waals surface area contributed by atoms with Gasteiger partial charge >= 0.3 is 5.97 Å². The van der Waals surface area contributed by atoms with E-state index in [0.29, 0.717) is 12.8 Å². The molecule has 0 aromatic carbocycles. The third-order valence-corrected chi connectivity index (χ3v) is 5.29. The Labute approximate surface area is 103 Å². The lowest BCUT2D eigenvalue weighted by Gasteiger charge is -2.35. The summed E-state index contributed by atoms with van der Waals surface area (Å²) in [6.07, 6.45) is 3.88. The molecule has 1 aliphatic heterocycles. The highest BCUT2D eigenvalue weighted by Gasteiger charge is 2.74. The van der Waals surface area contributed by atoms with Gasteiger partial charge < -0.3 is 4.74 Å². The van der Waals surface area contributed by atoms with Gasteiger partial charge in [-0.2, -0.15) is 0 Å². The smallest absolute Gasteiger partial charge is 0.313 e. The maximum absolute atomic E-state index is 12.4. The maximum Gasteiger partial charge on any atom is 0.313 e. The van der Waals surface area contributed by atoms with E-state index in [1.54, 1.807) is 0 Å². The molecule has 3 nitrogen and oxygen atoms in total. The zero-order valence-electron chi connectivity index (χ0n) is 11.3. The van der Waals surface area contributed by atoms with Gasteiger partial charge in [0, 0.05) is 11.8 Å². The topological polar surface area (TPSA) is 43.4 Å². The Morgan fingerprint density at radius 2 is 1.94 bits per heavy atom. The van der Waals surface area contributed by atoms with Gasteiger partial charge in [0.15, 0.2) is 11.4 Å². The predicted octanol–water partition coefficient (Wildman–Crippen LogP) is 2.87. The van der Waals surface area contributed by atoms with Crippen LogP contribution in [0.15, 0.2) is 0 Å². The van der Waals surface area contributed by atoms with Crippen molar-refractivity contribution in [3.8, 4) is 0 Å². The first-order valence-electron chi connectivity index (χ1n) is 6.58. The molecule has 2 unspecified atom stereocenters. The van der Waals surface area contributed by atoms with Crippen molar-refractivity contribution in [2.45, 2.75) is 65.4 Å². The Bertz CT molecular complexity index is 372. The molecular weight excluding hydrogens is 216 g/mol. The molecule has 0 radical (unpaired) electrons. The molecule has 17 heavy (non-hydrogen) atoms. The summed E-state index contributed by atoms with van der Waals surface area (Å²) in [5.41, 5.74) is -1.69. The Kier molecular flexibility index (Phi) is 2.64. The lowest BCUT2D eigenvalue weighted by Crippen LogP contribution is -2.47. The van der Waals surface area contributed by atoms with Crippen LogP contribution in [0.25, 0.3) is 0 Å². The van der Waals surface area contributed by atoms with Crippen LogP contribution >= 0.6 is 0 Å². The van der Waals surface area contributed by atoms with E-state index in [1.807, 2.05) is 20.8 Å². The number of ether oxygens (including phenoxy) is 1. The average molecular weight is 238 g/mol. The second-order valence-corrected chi connectivity index (χ2v) is 6.20. The molecule has 96 valence electrons. The van der Waals surface area contributed by atoms with E-state index in [-0.39, 0.29) is 17.2 Å². The van der Waals surface area contributed by atoms with Gasteiger partial charge in [-0.15, -0.1) is 0 Å². The van der Waals surface area contributed by atoms with Gasteiger partial charge in [0.2, 0.25) is 0 Å². The fourth-order valence-electron chi connectivity index (χ4n) is 3.39. The number of hydrogen-bond acceptors (Lipinski definition) is 3. The summed E-state index contributed by atoms with van der Waals surface area (Å²) in [7, 11) is 0. The molecule has 1 heterocycles. The van der Waals surface area contributed by atoms with Crippen molar-refractivity contribution in [1.82, 2.24) is 0 Å². The second-order valence-electron chi connectivity index (χ2n) is 6.20. The molecule has 3 heteroatoms. The molecule has 0 N–H and O–H groups in total. The summed E-state index contributed by atoms with van der Waals surface area (Å²) < 4.78 is 5.54. The number of ketones is 1. The summed E-state index contributed by atoms with van der Waals surface area (Å²) in [5.74, 6) is -0.0578. The van der Waals surface area contributed by atoms with E-state index in [1.165, 1.54) is 0 Å². The third kappa shape index (κ3) is 1.28. The molecule has 0 amide bonds. The molecule has 1 saturated carbocycles. The molecule has 1 saturated heterocycles. The maximum atomic E-state index is 12.4. The summed E-state index contributed by atoms with van der Waals surface area (Å²) in [6.45, 7) is 8.02. The lowest BCUT2D eigenvalue weighted by atomic mass is 9.65. The lowest BCUT2D eigenvalue weighted by molar-refractivity contribution is -0.167. The van der Waals surface area contributed by atoms with Gasteiger partial charge in [-0.1, -0.05) is 27.2 Å². The van der Waals surface area contributed by atoms with Crippen molar-refractivity contribution < 1.29 is 14.3 Å². The van der Waals surface area contributed by atoms with Crippen molar-refractivity contribution in [2.24, 2.45) is 10.8 Å². The number of hydrogen-bond donors (Lipinski definition) is 0. The number of esters is 1. The van der Waals surface area contributed by atoms with Crippen LogP contribution in [0, 0.1) is 10.8 Å². The van der Waals surface area contributed by atoms with Gasteiger partial charge in [-0.05, 0) is 26.2 Å². The normalized spacial score (nSPS) is 38.2. The number of carbonyl (C=O) groups excluding carboxylic acids is 2. The van der Waals surface area contributed by atoms with Crippen molar-refractivity contribution in [3.63, 3.8) is 0 Å². The van der Waals surface area contributed by atoms with Gasteiger partial charge in [-0.3, -0.25) is 9.59 Å². The molecule has 2 rings (SSSR count). The van der Waals surface area contributed by atoms with Crippen molar-refractivity contribution in [3.05, 3.63) is 0 Å². The van der Waals surface area contributed by atoms with E-state index in [9.17, 15) is 9.59 Å². The van der Waals surface area contributed by atoms with Crippen LogP contribution in [0.5, 0.6) is 0 Å². The molecule has 2 aliphatic rings. The molecular formula is C14H22O3. The van der Waals surface area contributed by atoms with E-state index >= 15 is 0 Å². The second kappa shape index (κ2) is 3.56.